The first-order valence-corrected chi connectivity index (χ1v) is 6.15. The summed E-state index contributed by atoms with van der Waals surface area (Å²) in [6.45, 7) is 1.85. The summed E-state index contributed by atoms with van der Waals surface area (Å²) >= 11 is 4.82. The maximum absolute atomic E-state index is 11.3. The number of halogens is 1. The largest absolute Gasteiger partial charge is 0.398 e. The van der Waals surface area contributed by atoms with E-state index < -0.39 is 0 Å². The number of nitrogen functional groups attached to an aromatic ring is 1. The van der Waals surface area contributed by atoms with Crippen molar-refractivity contribution in [1.29, 1.82) is 0 Å². The van der Waals surface area contributed by atoms with Gasteiger partial charge in [-0.05, 0) is 25.1 Å². The molecule has 0 aromatic heterocycles. The molecule has 1 amide bonds. The fourth-order valence-corrected chi connectivity index (χ4v) is 2.58. The molecule has 3 N–H and O–H groups in total. The van der Waals surface area contributed by atoms with Gasteiger partial charge in [0.05, 0.1) is 5.25 Å². The van der Waals surface area contributed by atoms with Crippen molar-refractivity contribution < 1.29 is 4.79 Å². The van der Waals surface area contributed by atoms with Crippen molar-refractivity contribution in [1.82, 2.24) is 5.32 Å². The molecule has 1 aromatic rings. The van der Waals surface area contributed by atoms with Crippen LogP contribution in [-0.2, 0) is 4.79 Å². The van der Waals surface area contributed by atoms with Gasteiger partial charge in [0, 0.05) is 22.1 Å². The van der Waals surface area contributed by atoms with Crippen molar-refractivity contribution in [3.8, 4) is 0 Å². The lowest BCUT2D eigenvalue weighted by molar-refractivity contribution is -0.119. The van der Waals surface area contributed by atoms with Crippen LogP contribution in [0.1, 0.15) is 6.92 Å². The SMILES string of the molecule is CNC(=O)C(C)Sc1cc(Br)ccc1N. The van der Waals surface area contributed by atoms with Crippen LogP contribution in [0.4, 0.5) is 5.69 Å². The van der Waals surface area contributed by atoms with Gasteiger partial charge < -0.3 is 11.1 Å². The quantitative estimate of drug-likeness (QED) is 0.663. The number of carbonyl (C=O) groups excluding carboxylic acids is 1. The Hall–Kier alpha value is -0.680. The fourth-order valence-electron chi connectivity index (χ4n) is 1.06. The molecule has 0 heterocycles. The first kappa shape index (κ1) is 12.4. The second kappa shape index (κ2) is 5.42. The highest BCUT2D eigenvalue weighted by molar-refractivity contribution is 9.10. The second-order valence-corrected chi connectivity index (χ2v) is 5.35. The molecule has 0 aliphatic heterocycles. The van der Waals surface area contributed by atoms with E-state index >= 15 is 0 Å². The summed E-state index contributed by atoms with van der Waals surface area (Å²) in [5.74, 6) is -0.000578. The van der Waals surface area contributed by atoms with Gasteiger partial charge in [0.2, 0.25) is 5.91 Å². The Morgan fingerprint density at radius 3 is 2.87 bits per heavy atom. The van der Waals surface area contributed by atoms with Gasteiger partial charge in [-0.1, -0.05) is 15.9 Å². The average Bonchev–Trinajstić information content (AvgIpc) is 2.22. The highest BCUT2D eigenvalue weighted by atomic mass is 79.9. The molecule has 82 valence electrons. The van der Waals surface area contributed by atoms with Crippen LogP contribution in [0.2, 0.25) is 0 Å². The molecule has 3 nitrogen and oxygen atoms in total. The second-order valence-electron chi connectivity index (χ2n) is 3.06. The van der Waals surface area contributed by atoms with Gasteiger partial charge in [0.25, 0.3) is 0 Å². The van der Waals surface area contributed by atoms with E-state index in [1.165, 1.54) is 11.8 Å². The lowest BCUT2D eigenvalue weighted by atomic mass is 10.3. The highest BCUT2D eigenvalue weighted by Crippen LogP contribution is 2.31. The number of benzene rings is 1. The minimum Gasteiger partial charge on any atom is -0.398 e. The summed E-state index contributed by atoms with van der Waals surface area (Å²) in [4.78, 5) is 12.2. The summed E-state index contributed by atoms with van der Waals surface area (Å²) in [6.07, 6.45) is 0. The molecule has 0 saturated heterocycles. The molecule has 1 atom stereocenters. The van der Waals surface area contributed by atoms with Crippen molar-refractivity contribution >= 4 is 39.3 Å². The number of amides is 1. The number of thioether (sulfide) groups is 1. The molecular formula is C10H13BrN2OS. The van der Waals surface area contributed by atoms with Gasteiger partial charge in [0.1, 0.15) is 0 Å². The van der Waals surface area contributed by atoms with E-state index in [0.29, 0.717) is 5.69 Å². The van der Waals surface area contributed by atoms with Crippen molar-refractivity contribution in [2.45, 2.75) is 17.1 Å². The molecule has 0 aliphatic carbocycles. The molecule has 1 unspecified atom stereocenters. The zero-order chi connectivity index (χ0) is 11.4. The van der Waals surface area contributed by atoms with Crippen LogP contribution in [0.3, 0.4) is 0 Å². The molecular weight excluding hydrogens is 276 g/mol. The number of nitrogens with two attached hydrogens (primary N) is 1. The minimum atomic E-state index is -0.147. The lowest BCUT2D eigenvalue weighted by Crippen LogP contribution is -2.27. The third-order valence-corrected chi connectivity index (χ3v) is 3.56. The Balaban J connectivity index is 2.80. The summed E-state index contributed by atoms with van der Waals surface area (Å²) in [6, 6.07) is 5.62. The Morgan fingerprint density at radius 1 is 1.60 bits per heavy atom. The Labute approximate surface area is 102 Å². The molecule has 1 rings (SSSR count). The topological polar surface area (TPSA) is 55.1 Å². The van der Waals surface area contributed by atoms with E-state index in [9.17, 15) is 4.79 Å². The van der Waals surface area contributed by atoms with Crippen LogP contribution >= 0.6 is 27.7 Å². The maximum Gasteiger partial charge on any atom is 0.232 e. The van der Waals surface area contributed by atoms with Gasteiger partial charge in [0.15, 0.2) is 0 Å². The van der Waals surface area contributed by atoms with E-state index in [1.807, 2.05) is 25.1 Å². The number of nitrogens with one attached hydrogen (secondary N) is 1. The van der Waals surface area contributed by atoms with E-state index in [4.69, 9.17) is 5.73 Å². The minimum absolute atomic E-state index is 0.000578. The Morgan fingerprint density at radius 2 is 2.27 bits per heavy atom. The zero-order valence-electron chi connectivity index (χ0n) is 8.58. The number of anilines is 1. The zero-order valence-corrected chi connectivity index (χ0v) is 11.0. The smallest absolute Gasteiger partial charge is 0.232 e. The maximum atomic E-state index is 11.3. The van der Waals surface area contributed by atoms with E-state index in [0.717, 1.165) is 9.37 Å². The Bertz CT molecular complexity index is 370. The van der Waals surface area contributed by atoms with Gasteiger partial charge >= 0.3 is 0 Å². The van der Waals surface area contributed by atoms with Crippen LogP contribution in [0.15, 0.2) is 27.6 Å². The third-order valence-electron chi connectivity index (χ3n) is 1.89. The number of rotatable bonds is 3. The molecule has 0 spiro atoms. The lowest BCUT2D eigenvalue weighted by Gasteiger charge is -2.11. The Kier molecular flexibility index (Phi) is 4.47. The van der Waals surface area contributed by atoms with Crippen LogP contribution in [0.5, 0.6) is 0 Å². The van der Waals surface area contributed by atoms with E-state index in [-0.39, 0.29) is 11.2 Å². The normalized spacial score (nSPS) is 12.2. The van der Waals surface area contributed by atoms with Crippen LogP contribution < -0.4 is 11.1 Å². The van der Waals surface area contributed by atoms with Crippen molar-refractivity contribution in [2.75, 3.05) is 12.8 Å². The first-order valence-electron chi connectivity index (χ1n) is 4.48. The van der Waals surface area contributed by atoms with Crippen molar-refractivity contribution in [3.63, 3.8) is 0 Å². The first-order chi connectivity index (χ1) is 7.04. The molecule has 15 heavy (non-hydrogen) atoms. The summed E-state index contributed by atoms with van der Waals surface area (Å²) in [7, 11) is 1.63. The average molecular weight is 289 g/mol. The predicted molar refractivity (Wildman–Crippen MR) is 67.9 cm³/mol. The highest BCUT2D eigenvalue weighted by Gasteiger charge is 2.13. The summed E-state index contributed by atoms with van der Waals surface area (Å²) in [5.41, 5.74) is 6.50. The number of hydrogen-bond donors (Lipinski definition) is 2. The van der Waals surface area contributed by atoms with Crippen molar-refractivity contribution in [2.24, 2.45) is 0 Å². The standard InChI is InChI=1S/C10H13BrN2OS/c1-6(10(14)13-2)15-9-5-7(11)3-4-8(9)12/h3-6H,12H2,1-2H3,(H,13,14). The fraction of sp³-hybridized carbons (Fsp3) is 0.300. The molecule has 0 radical (unpaired) electrons. The van der Waals surface area contributed by atoms with E-state index in [2.05, 4.69) is 21.2 Å². The molecule has 0 saturated carbocycles. The summed E-state index contributed by atoms with van der Waals surface area (Å²) < 4.78 is 0.961. The number of carbonyl (C=O) groups is 1. The van der Waals surface area contributed by atoms with Gasteiger partial charge in [-0.3, -0.25) is 4.79 Å². The molecule has 1 aromatic carbocycles. The molecule has 0 bridgehead atoms. The van der Waals surface area contributed by atoms with Gasteiger partial charge in [-0.15, -0.1) is 11.8 Å². The summed E-state index contributed by atoms with van der Waals surface area (Å²) in [5, 5.41) is 2.46. The molecule has 0 aliphatic rings. The number of hydrogen-bond acceptors (Lipinski definition) is 3. The third kappa shape index (κ3) is 3.43. The monoisotopic (exact) mass is 288 g/mol. The van der Waals surface area contributed by atoms with Gasteiger partial charge in [-0.2, -0.15) is 0 Å². The van der Waals surface area contributed by atoms with Crippen molar-refractivity contribution in [3.05, 3.63) is 22.7 Å². The van der Waals surface area contributed by atoms with Crippen LogP contribution in [-0.4, -0.2) is 18.2 Å². The molecule has 5 heteroatoms. The van der Waals surface area contributed by atoms with Crippen LogP contribution in [0, 0.1) is 0 Å². The predicted octanol–water partition coefficient (Wildman–Crippen LogP) is 2.26. The molecule has 0 fully saturated rings. The van der Waals surface area contributed by atoms with Crippen LogP contribution in [0.25, 0.3) is 0 Å². The van der Waals surface area contributed by atoms with E-state index in [1.54, 1.807) is 7.05 Å². The van der Waals surface area contributed by atoms with Gasteiger partial charge in [-0.25, -0.2) is 0 Å².